The van der Waals surface area contributed by atoms with Gasteiger partial charge in [-0.05, 0) is 12.5 Å². The lowest BCUT2D eigenvalue weighted by Gasteiger charge is -1.96. The molecule has 1 radical (unpaired) electrons. The third-order valence-electron chi connectivity index (χ3n) is 2.15. The monoisotopic (exact) mass is 224 g/mol. The van der Waals surface area contributed by atoms with Crippen LogP contribution in [0.5, 0.6) is 0 Å². The Morgan fingerprint density at radius 2 is 2.14 bits per heavy atom. The third-order valence-corrected chi connectivity index (χ3v) is 3.85. The molecule has 0 aromatic carbocycles. The largest absolute Gasteiger partial charge is 0.463 e. The van der Waals surface area contributed by atoms with Crippen LogP contribution in [-0.2, 0) is 0 Å². The van der Waals surface area contributed by atoms with Gasteiger partial charge in [0.15, 0.2) is 5.58 Å². The predicted molar refractivity (Wildman–Crippen MR) is 60.9 cm³/mol. The summed E-state index contributed by atoms with van der Waals surface area (Å²) >= 11 is 6.12. The van der Waals surface area contributed by atoms with Crippen LogP contribution < -0.4 is 5.38 Å². The molecule has 2 heterocycles. The summed E-state index contributed by atoms with van der Waals surface area (Å²) in [5.41, 5.74) is 2.55. The van der Waals surface area contributed by atoms with Crippen LogP contribution in [0.2, 0.25) is 18.1 Å². The van der Waals surface area contributed by atoms with Gasteiger partial charge >= 0.3 is 0 Å². The van der Waals surface area contributed by atoms with Crippen molar-refractivity contribution in [2.75, 3.05) is 0 Å². The molecule has 2 aromatic heterocycles. The zero-order valence-electron chi connectivity index (χ0n) is 8.39. The maximum Gasteiger partial charge on any atom is 0.170 e. The molecule has 73 valence electrons. The maximum atomic E-state index is 6.12. The minimum Gasteiger partial charge on any atom is -0.463 e. The summed E-state index contributed by atoms with van der Waals surface area (Å²) in [4.78, 5) is 4.28. The van der Waals surface area contributed by atoms with Gasteiger partial charge in [0.25, 0.3) is 0 Å². The lowest BCUT2D eigenvalue weighted by atomic mass is 10.3. The predicted octanol–water partition coefficient (Wildman–Crippen LogP) is 2.75. The summed E-state index contributed by atoms with van der Waals surface area (Å²) in [7, 11) is -0.568. The van der Waals surface area contributed by atoms with E-state index in [1.165, 1.54) is 0 Å². The minimum atomic E-state index is -0.568. The fourth-order valence-corrected chi connectivity index (χ4v) is 2.20. The highest BCUT2D eigenvalue weighted by Gasteiger charge is 2.12. The van der Waals surface area contributed by atoms with Crippen LogP contribution in [0.4, 0.5) is 0 Å². The molecule has 0 unspecified atom stereocenters. The van der Waals surface area contributed by atoms with E-state index in [9.17, 15) is 0 Å². The first-order chi connectivity index (χ1) is 6.59. The van der Waals surface area contributed by atoms with Gasteiger partial charge in [0, 0.05) is 12.3 Å². The summed E-state index contributed by atoms with van der Waals surface area (Å²) < 4.78 is 5.69. The van der Waals surface area contributed by atoms with E-state index >= 15 is 0 Å². The quantitative estimate of drug-likeness (QED) is 0.697. The highest BCUT2D eigenvalue weighted by atomic mass is 35.5. The van der Waals surface area contributed by atoms with Crippen LogP contribution in [0, 0.1) is 6.92 Å². The van der Waals surface area contributed by atoms with E-state index in [2.05, 4.69) is 18.1 Å². The van der Waals surface area contributed by atoms with Crippen molar-refractivity contribution in [3.8, 4) is 0 Å². The molecule has 0 atom stereocenters. The number of rotatable bonds is 1. The van der Waals surface area contributed by atoms with Crippen LogP contribution in [-0.4, -0.2) is 13.8 Å². The molecule has 0 aliphatic rings. The van der Waals surface area contributed by atoms with Crippen molar-refractivity contribution in [1.29, 1.82) is 0 Å². The molecule has 2 nitrogen and oxygen atoms in total. The zero-order valence-corrected chi connectivity index (χ0v) is 10.1. The molecule has 0 spiro atoms. The standard InChI is InChI=1S/C10H11ClNOSi/c1-6-5-12-7-4-8(14(2)3)13-10(7)9(6)11/h4-5H,1-3H3. The summed E-state index contributed by atoms with van der Waals surface area (Å²) in [6, 6.07) is 1.99. The molecule has 2 aromatic rings. The fourth-order valence-electron chi connectivity index (χ4n) is 1.28. The molecule has 0 bridgehead atoms. The molecule has 14 heavy (non-hydrogen) atoms. The third kappa shape index (κ3) is 1.46. The van der Waals surface area contributed by atoms with Crippen LogP contribution in [0.1, 0.15) is 5.56 Å². The van der Waals surface area contributed by atoms with Gasteiger partial charge in [0.1, 0.15) is 14.3 Å². The molecule has 0 saturated carbocycles. The van der Waals surface area contributed by atoms with Crippen LogP contribution in [0.15, 0.2) is 16.7 Å². The Hall–Kier alpha value is -0.803. The van der Waals surface area contributed by atoms with E-state index in [1.807, 2.05) is 13.0 Å². The zero-order chi connectivity index (χ0) is 10.3. The van der Waals surface area contributed by atoms with E-state index in [-0.39, 0.29) is 0 Å². The number of aryl methyl sites for hydroxylation is 1. The minimum absolute atomic E-state index is 0.568. The first-order valence-electron chi connectivity index (χ1n) is 4.45. The normalized spacial score (nSPS) is 11.5. The number of fused-ring (bicyclic) bond motifs is 1. The number of pyridine rings is 1. The Labute approximate surface area is 89.5 Å². The first kappa shape index (κ1) is 9.74. The Morgan fingerprint density at radius 1 is 1.43 bits per heavy atom. The average Bonchev–Trinajstić information content (AvgIpc) is 2.56. The first-order valence-corrected chi connectivity index (χ1v) is 7.32. The number of aromatic nitrogens is 1. The van der Waals surface area contributed by atoms with Crippen molar-refractivity contribution < 1.29 is 4.42 Å². The molecule has 0 fully saturated rings. The second-order valence-corrected chi connectivity index (χ2v) is 6.45. The van der Waals surface area contributed by atoms with Gasteiger partial charge in [-0.1, -0.05) is 24.7 Å². The van der Waals surface area contributed by atoms with E-state index in [4.69, 9.17) is 16.0 Å². The lowest BCUT2D eigenvalue weighted by molar-refractivity contribution is 0.649. The van der Waals surface area contributed by atoms with E-state index in [0.717, 1.165) is 22.0 Å². The van der Waals surface area contributed by atoms with Crippen LogP contribution in [0.25, 0.3) is 11.1 Å². The van der Waals surface area contributed by atoms with Crippen molar-refractivity contribution in [2.45, 2.75) is 20.0 Å². The topological polar surface area (TPSA) is 26.0 Å². The van der Waals surface area contributed by atoms with Gasteiger partial charge < -0.3 is 4.42 Å². The van der Waals surface area contributed by atoms with Gasteiger partial charge in [-0.15, -0.1) is 0 Å². The smallest absolute Gasteiger partial charge is 0.170 e. The average molecular weight is 225 g/mol. The number of hydrogen-bond donors (Lipinski definition) is 0. The summed E-state index contributed by atoms with van der Waals surface area (Å²) in [6.07, 6.45) is 1.78. The molecule has 2 rings (SSSR count). The number of furan rings is 1. The second kappa shape index (κ2) is 3.40. The van der Waals surface area contributed by atoms with E-state index in [0.29, 0.717) is 5.02 Å². The summed E-state index contributed by atoms with van der Waals surface area (Å²) in [5.74, 6) is 0. The molecule has 4 heteroatoms. The Kier molecular flexibility index (Phi) is 2.37. The number of nitrogens with zero attached hydrogens (tertiary/aromatic N) is 1. The molecule has 0 aliphatic heterocycles. The van der Waals surface area contributed by atoms with Gasteiger partial charge in [0.2, 0.25) is 0 Å². The molecule has 0 saturated heterocycles. The van der Waals surface area contributed by atoms with Crippen molar-refractivity contribution in [3.05, 3.63) is 22.8 Å². The summed E-state index contributed by atoms with van der Waals surface area (Å²) in [5, 5.41) is 1.72. The highest BCUT2D eigenvalue weighted by molar-refractivity contribution is 6.69. The van der Waals surface area contributed by atoms with Crippen LogP contribution >= 0.6 is 11.6 Å². The molecular formula is C10H11ClNOSi. The SMILES string of the molecule is Cc1cnc2cc([Si](C)C)oc2c1Cl. The molecule has 0 aliphatic carbocycles. The van der Waals surface area contributed by atoms with Gasteiger partial charge in [-0.3, -0.25) is 4.98 Å². The van der Waals surface area contributed by atoms with Gasteiger partial charge in [-0.2, -0.15) is 0 Å². The number of halogens is 1. The van der Waals surface area contributed by atoms with Crippen LogP contribution in [0.3, 0.4) is 0 Å². The molecular weight excluding hydrogens is 214 g/mol. The summed E-state index contributed by atoms with van der Waals surface area (Å²) in [6.45, 7) is 6.30. The Bertz CT molecular complexity index is 478. The van der Waals surface area contributed by atoms with Gasteiger partial charge in [-0.25, -0.2) is 0 Å². The maximum absolute atomic E-state index is 6.12. The second-order valence-electron chi connectivity index (χ2n) is 3.58. The Morgan fingerprint density at radius 3 is 2.79 bits per heavy atom. The van der Waals surface area contributed by atoms with Crippen molar-refractivity contribution in [2.24, 2.45) is 0 Å². The van der Waals surface area contributed by atoms with Crippen molar-refractivity contribution >= 4 is 36.9 Å². The lowest BCUT2D eigenvalue weighted by Crippen LogP contribution is -2.19. The molecule has 0 N–H and O–H groups in total. The fraction of sp³-hybridized carbons (Fsp3) is 0.300. The van der Waals surface area contributed by atoms with E-state index in [1.54, 1.807) is 6.20 Å². The highest BCUT2D eigenvalue weighted by Crippen LogP contribution is 2.24. The van der Waals surface area contributed by atoms with Gasteiger partial charge in [0.05, 0.1) is 10.4 Å². The van der Waals surface area contributed by atoms with E-state index < -0.39 is 8.80 Å². The molecule has 0 amide bonds. The van der Waals surface area contributed by atoms with Crippen molar-refractivity contribution in [3.63, 3.8) is 0 Å². The number of hydrogen-bond acceptors (Lipinski definition) is 2. The van der Waals surface area contributed by atoms with Crippen molar-refractivity contribution in [1.82, 2.24) is 4.98 Å². The Balaban J connectivity index is 2.71.